The minimum atomic E-state index is -0.431. The van der Waals surface area contributed by atoms with Crippen molar-refractivity contribution in [2.45, 2.75) is 6.42 Å². The van der Waals surface area contributed by atoms with Crippen LogP contribution in [-0.4, -0.2) is 29.6 Å². The molecule has 5 nitrogen and oxygen atoms in total. The number of H-pyrrole nitrogens is 1. The highest BCUT2D eigenvalue weighted by atomic mass is 16.5. The molecule has 0 atom stereocenters. The number of aromatic amines is 1. The number of ether oxygens (including phenoxy) is 1. The maximum atomic E-state index is 11.5. The lowest BCUT2D eigenvalue weighted by molar-refractivity contribution is -0.107. The van der Waals surface area contributed by atoms with Crippen molar-refractivity contribution in [3.05, 3.63) is 29.5 Å². The van der Waals surface area contributed by atoms with Crippen LogP contribution in [0.5, 0.6) is 0 Å². The van der Waals surface area contributed by atoms with E-state index in [1.165, 1.54) is 7.11 Å². The Bertz CT molecular complexity index is 545. The molecule has 0 aliphatic carbocycles. The van der Waals surface area contributed by atoms with E-state index in [4.69, 9.17) is 0 Å². The lowest BCUT2D eigenvalue weighted by Gasteiger charge is -2.01. The SMILES string of the molecule is COC(=O)c1cccc2n[nH]c(CC=O)c12. The number of carbonyl (C=O) groups excluding carboxylic acids is 2. The first-order valence-electron chi connectivity index (χ1n) is 4.76. The molecule has 1 heterocycles. The molecule has 0 spiro atoms. The van der Waals surface area contributed by atoms with E-state index >= 15 is 0 Å². The highest BCUT2D eigenvalue weighted by molar-refractivity contribution is 6.04. The summed E-state index contributed by atoms with van der Waals surface area (Å²) in [5, 5.41) is 7.42. The van der Waals surface area contributed by atoms with Gasteiger partial charge in [-0.2, -0.15) is 5.10 Å². The van der Waals surface area contributed by atoms with Crippen molar-refractivity contribution in [2.75, 3.05) is 7.11 Å². The number of carbonyl (C=O) groups is 2. The van der Waals surface area contributed by atoms with Gasteiger partial charge in [0.1, 0.15) is 6.29 Å². The molecule has 0 unspecified atom stereocenters. The average Bonchev–Trinajstić information content (AvgIpc) is 2.72. The molecule has 0 amide bonds. The zero-order valence-electron chi connectivity index (χ0n) is 8.69. The number of aromatic nitrogens is 2. The van der Waals surface area contributed by atoms with Gasteiger partial charge < -0.3 is 9.53 Å². The molecular weight excluding hydrogens is 208 g/mol. The third-order valence-electron chi connectivity index (χ3n) is 2.35. The molecule has 16 heavy (non-hydrogen) atoms. The van der Waals surface area contributed by atoms with Gasteiger partial charge in [0.15, 0.2) is 0 Å². The van der Waals surface area contributed by atoms with Gasteiger partial charge in [0, 0.05) is 11.8 Å². The summed E-state index contributed by atoms with van der Waals surface area (Å²) in [6.07, 6.45) is 0.964. The third-order valence-corrected chi connectivity index (χ3v) is 2.35. The molecule has 2 rings (SSSR count). The van der Waals surface area contributed by atoms with Gasteiger partial charge in [-0.25, -0.2) is 4.79 Å². The minimum Gasteiger partial charge on any atom is -0.465 e. The minimum absolute atomic E-state index is 0.199. The number of nitrogens with zero attached hydrogens (tertiary/aromatic N) is 1. The second-order valence-electron chi connectivity index (χ2n) is 3.26. The van der Waals surface area contributed by atoms with Crippen molar-refractivity contribution in [2.24, 2.45) is 0 Å². The first kappa shape index (κ1) is 10.4. The van der Waals surface area contributed by atoms with Gasteiger partial charge in [-0.3, -0.25) is 5.10 Å². The van der Waals surface area contributed by atoms with Crippen LogP contribution in [0.1, 0.15) is 16.1 Å². The van der Waals surface area contributed by atoms with Gasteiger partial charge in [0.2, 0.25) is 0 Å². The fourth-order valence-corrected chi connectivity index (χ4v) is 1.65. The van der Waals surface area contributed by atoms with Crippen LogP contribution in [-0.2, 0) is 16.0 Å². The van der Waals surface area contributed by atoms with Crippen LogP contribution in [0, 0.1) is 0 Å². The fraction of sp³-hybridized carbons (Fsp3) is 0.182. The molecule has 0 saturated carbocycles. The standard InChI is InChI=1S/C11H10N2O3/c1-16-11(15)7-3-2-4-8-10(7)9(5-6-14)13-12-8/h2-4,6H,5H2,1H3,(H,12,13). The number of hydrogen-bond donors (Lipinski definition) is 1. The van der Waals surface area contributed by atoms with Gasteiger partial charge in [0.25, 0.3) is 0 Å². The molecule has 2 aromatic rings. The monoisotopic (exact) mass is 218 g/mol. The highest BCUT2D eigenvalue weighted by Crippen LogP contribution is 2.21. The summed E-state index contributed by atoms with van der Waals surface area (Å²) in [4.78, 5) is 22.0. The Morgan fingerprint density at radius 2 is 2.38 bits per heavy atom. The summed E-state index contributed by atoms with van der Waals surface area (Å²) in [6, 6.07) is 5.14. The summed E-state index contributed by atoms with van der Waals surface area (Å²) in [5.41, 5.74) is 1.70. The van der Waals surface area contributed by atoms with Crippen LogP contribution in [0.2, 0.25) is 0 Å². The van der Waals surface area contributed by atoms with Crippen molar-refractivity contribution in [3.63, 3.8) is 0 Å². The molecule has 0 saturated heterocycles. The zero-order valence-corrected chi connectivity index (χ0v) is 8.69. The fourth-order valence-electron chi connectivity index (χ4n) is 1.65. The number of aldehydes is 1. The summed E-state index contributed by atoms with van der Waals surface area (Å²) in [6.45, 7) is 0. The lowest BCUT2D eigenvalue weighted by atomic mass is 10.1. The first-order chi connectivity index (χ1) is 7.77. The Hall–Kier alpha value is -2.17. The normalized spacial score (nSPS) is 10.3. The van der Waals surface area contributed by atoms with Crippen molar-refractivity contribution in [3.8, 4) is 0 Å². The Morgan fingerprint density at radius 1 is 1.56 bits per heavy atom. The number of rotatable bonds is 3. The van der Waals surface area contributed by atoms with Crippen LogP contribution >= 0.6 is 0 Å². The maximum Gasteiger partial charge on any atom is 0.338 e. The van der Waals surface area contributed by atoms with Crippen molar-refractivity contribution in [1.29, 1.82) is 0 Å². The molecule has 0 aliphatic rings. The average molecular weight is 218 g/mol. The van der Waals surface area contributed by atoms with E-state index in [0.29, 0.717) is 22.2 Å². The molecule has 1 N–H and O–H groups in total. The molecule has 1 aromatic heterocycles. The molecule has 0 bridgehead atoms. The Balaban J connectivity index is 2.67. The molecular formula is C11H10N2O3. The largest absolute Gasteiger partial charge is 0.465 e. The van der Waals surface area contributed by atoms with Gasteiger partial charge in [-0.1, -0.05) is 6.07 Å². The molecule has 0 fully saturated rings. The van der Waals surface area contributed by atoms with Gasteiger partial charge >= 0.3 is 5.97 Å². The highest BCUT2D eigenvalue weighted by Gasteiger charge is 2.15. The summed E-state index contributed by atoms with van der Waals surface area (Å²) >= 11 is 0. The first-order valence-corrected chi connectivity index (χ1v) is 4.76. The number of hydrogen-bond acceptors (Lipinski definition) is 4. The van der Waals surface area contributed by atoms with Crippen molar-refractivity contribution >= 4 is 23.2 Å². The van der Waals surface area contributed by atoms with Crippen LogP contribution in [0.3, 0.4) is 0 Å². The number of esters is 1. The maximum absolute atomic E-state index is 11.5. The zero-order chi connectivity index (χ0) is 11.5. The molecule has 5 heteroatoms. The quantitative estimate of drug-likeness (QED) is 0.618. The van der Waals surface area contributed by atoms with E-state index < -0.39 is 5.97 Å². The van der Waals surface area contributed by atoms with Crippen LogP contribution in [0.4, 0.5) is 0 Å². The number of fused-ring (bicyclic) bond motifs is 1. The van der Waals surface area contributed by atoms with Crippen LogP contribution < -0.4 is 0 Å². The number of nitrogens with one attached hydrogen (secondary N) is 1. The smallest absolute Gasteiger partial charge is 0.338 e. The molecule has 1 aromatic carbocycles. The predicted octanol–water partition coefficient (Wildman–Crippen LogP) is 1.09. The molecule has 82 valence electrons. The van der Waals surface area contributed by atoms with Crippen LogP contribution in [0.15, 0.2) is 18.2 Å². The van der Waals surface area contributed by atoms with E-state index in [0.717, 1.165) is 6.29 Å². The van der Waals surface area contributed by atoms with Crippen molar-refractivity contribution < 1.29 is 14.3 Å². The Kier molecular flexibility index (Phi) is 2.68. The predicted molar refractivity (Wildman–Crippen MR) is 57.2 cm³/mol. The number of methoxy groups -OCH3 is 1. The van der Waals surface area contributed by atoms with E-state index in [-0.39, 0.29) is 6.42 Å². The Morgan fingerprint density at radius 3 is 3.06 bits per heavy atom. The van der Waals surface area contributed by atoms with E-state index in [1.54, 1.807) is 18.2 Å². The van der Waals surface area contributed by atoms with E-state index in [9.17, 15) is 9.59 Å². The van der Waals surface area contributed by atoms with Crippen molar-refractivity contribution in [1.82, 2.24) is 10.2 Å². The van der Waals surface area contributed by atoms with E-state index in [1.807, 2.05) is 0 Å². The number of benzene rings is 1. The van der Waals surface area contributed by atoms with Gasteiger partial charge in [-0.15, -0.1) is 0 Å². The molecule has 0 radical (unpaired) electrons. The van der Waals surface area contributed by atoms with Crippen LogP contribution in [0.25, 0.3) is 10.9 Å². The van der Waals surface area contributed by atoms with Gasteiger partial charge in [-0.05, 0) is 12.1 Å². The Labute approximate surface area is 91.4 Å². The topological polar surface area (TPSA) is 72.0 Å². The second-order valence-corrected chi connectivity index (χ2v) is 3.26. The molecule has 0 aliphatic heterocycles. The summed E-state index contributed by atoms with van der Waals surface area (Å²) in [5.74, 6) is -0.431. The third kappa shape index (κ3) is 1.56. The van der Waals surface area contributed by atoms with E-state index in [2.05, 4.69) is 14.9 Å². The summed E-state index contributed by atoms with van der Waals surface area (Å²) in [7, 11) is 1.32. The lowest BCUT2D eigenvalue weighted by Crippen LogP contribution is -2.02. The summed E-state index contributed by atoms with van der Waals surface area (Å²) < 4.78 is 4.68. The second kappa shape index (κ2) is 4.14. The van der Waals surface area contributed by atoms with Gasteiger partial charge in [0.05, 0.1) is 23.9 Å².